The van der Waals surface area contributed by atoms with E-state index >= 15 is 0 Å². The normalized spacial score (nSPS) is 19.4. The lowest BCUT2D eigenvalue weighted by Gasteiger charge is -2.44. The fraction of sp³-hybridized carbons (Fsp3) is 0.467. The maximum Gasteiger partial charge on any atom is 0.325 e. The van der Waals surface area contributed by atoms with Gasteiger partial charge in [-0.25, -0.2) is 9.59 Å². The molecule has 5 rings (SSSR count). The number of likely N-dealkylation sites (N-methyl/N-ethyl adjacent to an activating group) is 1. The monoisotopic (exact) mass is 550 g/mol. The van der Waals surface area contributed by atoms with Gasteiger partial charge < -0.3 is 34.1 Å². The van der Waals surface area contributed by atoms with Gasteiger partial charge >= 0.3 is 12.1 Å². The highest BCUT2D eigenvalue weighted by Gasteiger charge is 2.55. The number of urea groups is 2. The van der Waals surface area contributed by atoms with E-state index in [0.717, 1.165) is 22.6 Å². The zero-order valence-electron chi connectivity index (χ0n) is 24.1. The van der Waals surface area contributed by atoms with Crippen LogP contribution in [0, 0.1) is 0 Å². The fourth-order valence-corrected chi connectivity index (χ4v) is 6.45. The van der Waals surface area contributed by atoms with Gasteiger partial charge in [0, 0.05) is 48.9 Å². The molecule has 214 valence electrons. The Morgan fingerprint density at radius 3 is 2.30 bits per heavy atom. The van der Waals surface area contributed by atoms with Gasteiger partial charge in [-0.2, -0.15) is 0 Å². The number of hydrogen-bond donors (Lipinski definition) is 1. The third-order valence-electron chi connectivity index (χ3n) is 8.44. The second-order valence-corrected chi connectivity index (χ2v) is 10.4. The minimum absolute atomic E-state index is 0.00500. The topological polar surface area (TPSA) is 92.8 Å². The predicted molar refractivity (Wildman–Crippen MR) is 151 cm³/mol. The maximum absolute atomic E-state index is 13.8. The summed E-state index contributed by atoms with van der Waals surface area (Å²) in [5.74, 6) is 2.67. The molecule has 10 heteroatoms. The minimum Gasteiger partial charge on any atom is -0.497 e. The Morgan fingerprint density at radius 1 is 0.975 bits per heavy atom. The van der Waals surface area contributed by atoms with Crippen LogP contribution in [0.4, 0.5) is 15.3 Å². The van der Waals surface area contributed by atoms with Crippen LogP contribution in [0.15, 0.2) is 42.1 Å². The zero-order chi connectivity index (χ0) is 28.6. The number of methoxy groups -OCH3 is 4. The van der Waals surface area contributed by atoms with E-state index in [2.05, 4.69) is 18.3 Å². The van der Waals surface area contributed by atoms with Crippen LogP contribution in [-0.2, 0) is 6.54 Å². The van der Waals surface area contributed by atoms with Gasteiger partial charge in [0.25, 0.3) is 0 Å². The van der Waals surface area contributed by atoms with Crippen molar-refractivity contribution in [2.24, 2.45) is 0 Å². The summed E-state index contributed by atoms with van der Waals surface area (Å²) >= 11 is 0. The molecule has 0 unspecified atom stereocenters. The highest BCUT2D eigenvalue weighted by atomic mass is 16.5. The number of amides is 4. The number of ether oxygens (including phenoxy) is 4. The summed E-state index contributed by atoms with van der Waals surface area (Å²) in [6.45, 7) is 6.20. The summed E-state index contributed by atoms with van der Waals surface area (Å²) in [5.41, 5.74) is 3.16. The first-order valence-corrected chi connectivity index (χ1v) is 13.6. The van der Waals surface area contributed by atoms with Crippen LogP contribution in [0.1, 0.15) is 43.7 Å². The van der Waals surface area contributed by atoms with Crippen molar-refractivity contribution in [2.75, 3.05) is 53.4 Å². The van der Waals surface area contributed by atoms with Gasteiger partial charge in [0.15, 0.2) is 0 Å². The van der Waals surface area contributed by atoms with Crippen molar-refractivity contribution >= 4 is 17.7 Å². The highest BCUT2D eigenvalue weighted by molar-refractivity contribution is 5.91. The third kappa shape index (κ3) is 4.45. The first-order chi connectivity index (χ1) is 19.3. The number of hydrogen-bond acceptors (Lipinski definition) is 6. The minimum atomic E-state index is -0.482. The fourth-order valence-electron chi connectivity index (χ4n) is 6.45. The van der Waals surface area contributed by atoms with Gasteiger partial charge in [-0.15, -0.1) is 0 Å². The summed E-state index contributed by atoms with van der Waals surface area (Å²) in [7, 11) is 6.44. The number of benzene rings is 2. The van der Waals surface area contributed by atoms with Gasteiger partial charge in [-0.05, 0) is 43.5 Å². The largest absolute Gasteiger partial charge is 0.497 e. The van der Waals surface area contributed by atoms with Crippen molar-refractivity contribution in [1.82, 2.24) is 14.7 Å². The molecule has 4 amide bonds. The van der Waals surface area contributed by atoms with Crippen LogP contribution in [-0.4, -0.2) is 80.4 Å². The van der Waals surface area contributed by atoms with E-state index in [4.69, 9.17) is 18.9 Å². The molecule has 0 bridgehead atoms. The van der Waals surface area contributed by atoms with Crippen LogP contribution in [0.25, 0.3) is 0 Å². The van der Waals surface area contributed by atoms with Crippen molar-refractivity contribution in [3.63, 3.8) is 0 Å². The summed E-state index contributed by atoms with van der Waals surface area (Å²) in [4.78, 5) is 32.8. The summed E-state index contributed by atoms with van der Waals surface area (Å²) in [6, 6.07) is 8.97. The number of nitrogens with zero attached hydrogens (tertiary/aromatic N) is 3. The van der Waals surface area contributed by atoms with Crippen molar-refractivity contribution in [2.45, 2.75) is 44.7 Å². The number of carbonyl (C=O) groups is 2. The zero-order valence-corrected chi connectivity index (χ0v) is 24.1. The van der Waals surface area contributed by atoms with Crippen LogP contribution in [0.5, 0.6) is 23.0 Å². The molecule has 2 fully saturated rings. The SMILES string of the molecule is CCN1C(=O)N2Cc3cc(OC)cc(OC)c3[C@@H](C)C=C2C12CCN(C(=O)Nc1cc(OC)ccc1OC)CC2. The van der Waals surface area contributed by atoms with E-state index in [1.54, 1.807) is 51.5 Å². The number of anilines is 1. The molecule has 2 aromatic rings. The van der Waals surface area contributed by atoms with E-state index < -0.39 is 5.54 Å². The van der Waals surface area contributed by atoms with Crippen molar-refractivity contribution in [3.8, 4) is 23.0 Å². The average Bonchev–Trinajstić information content (AvgIpc) is 3.07. The number of allylic oxidation sites excluding steroid dienone is 1. The Bertz CT molecular complexity index is 1330. The summed E-state index contributed by atoms with van der Waals surface area (Å²) in [5, 5.41) is 2.98. The van der Waals surface area contributed by atoms with E-state index in [0.29, 0.717) is 62.0 Å². The molecule has 3 heterocycles. The lowest BCUT2D eigenvalue weighted by Crippen LogP contribution is -2.55. The van der Waals surface area contributed by atoms with E-state index in [9.17, 15) is 9.59 Å². The molecular weight excluding hydrogens is 512 g/mol. The van der Waals surface area contributed by atoms with Crippen molar-refractivity contribution in [1.29, 1.82) is 0 Å². The molecule has 1 spiro atoms. The molecule has 0 radical (unpaired) electrons. The number of nitrogens with one attached hydrogen (secondary N) is 1. The van der Waals surface area contributed by atoms with Crippen LogP contribution in [0.2, 0.25) is 0 Å². The highest BCUT2D eigenvalue weighted by Crippen LogP contribution is 2.49. The first-order valence-electron chi connectivity index (χ1n) is 13.6. The van der Waals surface area contributed by atoms with Crippen LogP contribution < -0.4 is 24.3 Å². The predicted octanol–water partition coefficient (Wildman–Crippen LogP) is 5.05. The molecule has 1 N–H and O–H groups in total. The Hall–Kier alpha value is -4.08. The lowest BCUT2D eigenvalue weighted by atomic mass is 9.82. The van der Waals surface area contributed by atoms with E-state index in [1.165, 1.54) is 0 Å². The number of rotatable bonds is 6. The van der Waals surface area contributed by atoms with Gasteiger partial charge in [-0.1, -0.05) is 13.0 Å². The summed E-state index contributed by atoms with van der Waals surface area (Å²) < 4.78 is 22.0. The quantitative estimate of drug-likeness (QED) is 0.542. The van der Waals surface area contributed by atoms with E-state index in [1.807, 2.05) is 28.9 Å². The van der Waals surface area contributed by atoms with Crippen molar-refractivity contribution < 1.29 is 28.5 Å². The molecular formula is C30H38N4O6. The van der Waals surface area contributed by atoms with Gasteiger partial charge in [0.05, 0.1) is 46.2 Å². The first kappa shape index (κ1) is 27.5. The molecule has 0 saturated carbocycles. The summed E-state index contributed by atoms with van der Waals surface area (Å²) in [6.07, 6.45) is 3.49. The Balaban J connectivity index is 1.41. The molecule has 3 aliphatic rings. The number of piperidine rings is 1. The smallest absolute Gasteiger partial charge is 0.325 e. The molecule has 2 aromatic carbocycles. The Kier molecular flexibility index (Phi) is 7.44. The second kappa shape index (κ2) is 10.8. The Labute approximate surface area is 235 Å². The van der Waals surface area contributed by atoms with Gasteiger partial charge in [0.2, 0.25) is 0 Å². The molecule has 3 aliphatic heterocycles. The molecule has 10 nitrogen and oxygen atoms in total. The van der Waals surface area contributed by atoms with Gasteiger partial charge in [-0.3, -0.25) is 4.90 Å². The average molecular weight is 551 g/mol. The second-order valence-electron chi connectivity index (χ2n) is 10.4. The number of carbonyl (C=O) groups excluding carboxylic acids is 2. The van der Waals surface area contributed by atoms with E-state index in [-0.39, 0.29) is 18.0 Å². The molecule has 40 heavy (non-hydrogen) atoms. The van der Waals surface area contributed by atoms with Crippen molar-refractivity contribution in [3.05, 3.63) is 53.2 Å². The van der Waals surface area contributed by atoms with Gasteiger partial charge in [0.1, 0.15) is 23.0 Å². The Morgan fingerprint density at radius 2 is 1.68 bits per heavy atom. The third-order valence-corrected chi connectivity index (χ3v) is 8.44. The lowest BCUT2D eigenvalue weighted by molar-refractivity contribution is 0.106. The number of fused-ring (bicyclic) bond motifs is 3. The maximum atomic E-state index is 13.8. The van der Waals surface area contributed by atoms with Crippen LogP contribution in [0.3, 0.4) is 0 Å². The molecule has 2 saturated heterocycles. The molecule has 1 atom stereocenters. The molecule has 0 aliphatic carbocycles. The van der Waals surface area contributed by atoms with Crippen LogP contribution >= 0.6 is 0 Å². The molecule has 0 aromatic heterocycles. The number of likely N-dealkylation sites (tertiary alicyclic amines) is 1. The standard InChI is InChI=1S/C30H38N4O6/c1-7-34-29(36)33-18-20-15-22(38-4)17-25(40-6)27(20)19(2)14-26(33)30(34)10-12-32(13-11-30)28(35)31-23-16-21(37-3)8-9-24(23)39-5/h8-9,14-17,19H,7,10-13,18H2,1-6H3,(H,31,35)/t19-/m0/s1.